The molecule has 1 aromatic heterocycles. The van der Waals surface area contributed by atoms with E-state index >= 15 is 0 Å². The SMILES string of the molecule is C.COC[C@H](NC(=O)C1(N)CCN(c2ncnc(N)c2C#N)CC1)c1ccc(Cl)cc1. The quantitative estimate of drug-likeness (QED) is 0.612. The molecule has 9 nitrogen and oxygen atoms in total. The summed E-state index contributed by atoms with van der Waals surface area (Å²) in [7, 11) is 1.58. The number of ether oxygens (including phenoxy) is 1. The van der Waals surface area contributed by atoms with Crippen LogP contribution in [0, 0.1) is 11.3 Å². The molecule has 2 heterocycles. The fourth-order valence-corrected chi connectivity index (χ4v) is 3.59. The molecule has 1 aliphatic heterocycles. The van der Waals surface area contributed by atoms with E-state index in [0.29, 0.717) is 43.4 Å². The Morgan fingerprint density at radius 3 is 2.58 bits per heavy atom. The predicted molar refractivity (Wildman–Crippen MR) is 120 cm³/mol. The topological polar surface area (TPSA) is 143 Å². The summed E-state index contributed by atoms with van der Waals surface area (Å²) >= 11 is 5.96. The van der Waals surface area contributed by atoms with Gasteiger partial charge < -0.3 is 26.4 Å². The molecule has 1 aromatic carbocycles. The van der Waals surface area contributed by atoms with Gasteiger partial charge in [0.1, 0.15) is 23.8 Å². The third-order valence-corrected chi connectivity index (χ3v) is 5.54. The van der Waals surface area contributed by atoms with Crippen LogP contribution in [0.2, 0.25) is 5.02 Å². The first-order valence-corrected chi connectivity index (χ1v) is 9.85. The first-order chi connectivity index (χ1) is 14.4. The molecule has 1 atom stereocenters. The van der Waals surface area contributed by atoms with Crippen molar-refractivity contribution in [3.63, 3.8) is 0 Å². The van der Waals surface area contributed by atoms with Crippen molar-refractivity contribution in [2.45, 2.75) is 31.8 Å². The van der Waals surface area contributed by atoms with Gasteiger partial charge in [0.2, 0.25) is 5.91 Å². The molecule has 2 aromatic rings. The Hall–Kier alpha value is -2.93. The predicted octanol–water partition coefficient (Wildman–Crippen LogP) is 2.02. The van der Waals surface area contributed by atoms with E-state index in [2.05, 4.69) is 15.3 Å². The van der Waals surface area contributed by atoms with Gasteiger partial charge in [-0.2, -0.15) is 5.26 Å². The largest absolute Gasteiger partial charge is 0.382 e. The van der Waals surface area contributed by atoms with E-state index in [0.717, 1.165) is 5.56 Å². The summed E-state index contributed by atoms with van der Waals surface area (Å²) in [6, 6.07) is 8.93. The van der Waals surface area contributed by atoms with Crippen LogP contribution < -0.4 is 21.7 Å². The van der Waals surface area contributed by atoms with E-state index < -0.39 is 5.54 Å². The number of nitrogens with two attached hydrogens (primary N) is 2. The van der Waals surface area contributed by atoms with Gasteiger partial charge in [-0.3, -0.25) is 4.79 Å². The molecular weight excluding hydrogens is 418 g/mol. The Bertz CT molecular complexity index is 938. The van der Waals surface area contributed by atoms with Crippen LogP contribution in [-0.2, 0) is 9.53 Å². The first-order valence-electron chi connectivity index (χ1n) is 9.47. The number of hydrogen-bond acceptors (Lipinski definition) is 8. The normalized spacial score (nSPS) is 16.0. The average Bonchev–Trinajstić information content (AvgIpc) is 2.74. The lowest BCUT2D eigenvalue weighted by Gasteiger charge is -2.39. The molecule has 1 fully saturated rings. The molecule has 1 aliphatic rings. The van der Waals surface area contributed by atoms with Gasteiger partial charge in [-0.1, -0.05) is 31.2 Å². The van der Waals surface area contributed by atoms with Gasteiger partial charge in [-0.25, -0.2) is 9.97 Å². The highest BCUT2D eigenvalue weighted by Crippen LogP contribution is 2.28. The maximum absolute atomic E-state index is 13.0. The lowest BCUT2D eigenvalue weighted by Crippen LogP contribution is -2.60. The van der Waals surface area contributed by atoms with Crippen LogP contribution in [0.1, 0.15) is 37.4 Å². The van der Waals surface area contributed by atoms with Crippen LogP contribution in [0.25, 0.3) is 0 Å². The van der Waals surface area contributed by atoms with Crippen LogP contribution in [0.5, 0.6) is 0 Å². The molecule has 0 unspecified atom stereocenters. The summed E-state index contributed by atoms with van der Waals surface area (Å²) in [4.78, 5) is 23.0. The van der Waals surface area contributed by atoms with Crippen LogP contribution >= 0.6 is 11.6 Å². The summed E-state index contributed by atoms with van der Waals surface area (Å²) < 4.78 is 5.27. The summed E-state index contributed by atoms with van der Waals surface area (Å²) in [6.07, 6.45) is 2.12. The number of anilines is 2. The van der Waals surface area contributed by atoms with E-state index in [4.69, 9.17) is 27.8 Å². The molecule has 0 spiro atoms. The van der Waals surface area contributed by atoms with Gasteiger partial charge >= 0.3 is 0 Å². The zero-order chi connectivity index (χ0) is 21.7. The molecule has 0 saturated carbocycles. The van der Waals surface area contributed by atoms with Gasteiger partial charge in [0.15, 0.2) is 5.82 Å². The average molecular weight is 446 g/mol. The van der Waals surface area contributed by atoms with Crippen molar-refractivity contribution in [2.75, 3.05) is 37.4 Å². The number of rotatable bonds is 6. The minimum atomic E-state index is -1.04. The minimum Gasteiger partial charge on any atom is -0.382 e. The number of nitriles is 1. The molecule has 0 aliphatic carbocycles. The number of benzene rings is 1. The molecule has 0 radical (unpaired) electrons. The van der Waals surface area contributed by atoms with E-state index in [-0.39, 0.29) is 30.8 Å². The summed E-state index contributed by atoms with van der Waals surface area (Å²) in [6.45, 7) is 1.23. The van der Waals surface area contributed by atoms with Crippen molar-refractivity contribution in [3.05, 3.63) is 46.7 Å². The highest BCUT2D eigenvalue weighted by atomic mass is 35.5. The smallest absolute Gasteiger partial charge is 0.240 e. The molecule has 3 rings (SSSR count). The lowest BCUT2D eigenvalue weighted by atomic mass is 9.87. The molecular formula is C21H28ClN7O2. The van der Waals surface area contributed by atoms with Gasteiger partial charge in [0.05, 0.1) is 18.2 Å². The fraction of sp³-hybridized carbons (Fsp3) is 0.429. The summed E-state index contributed by atoms with van der Waals surface area (Å²) in [5, 5.41) is 13.0. The van der Waals surface area contributed by atoms with E-state index in [1.807, 2.05) is 23.1 Å². The van der Waals surface area contributed by atoms with Crippen molar-refractivity contribution in [3.8, 4) is 6.07 Å². The molecule has 0 bridgehead atoms. The monoisotopic (exact) mass is 445 g/mol. The second-order valence-electron chi connectivity index (χ2n) is 7.25. The first kappa shape index (κ1) is 24.3. The highest BCUT2D eigenvalue weighted by molar-refractivity contribution is 6.30. The van der Waals surface area contributed by atoms with Gasteiger partial charge in [-0.15, -0.1) is 0 Å². The summed E-state index contributed by atoms with van der Waals surface area (Å²) in [5.41, 5.74) is 12.3. The number of amides is 1. The number of carbonyl (C=O) groups excluding carboxylic acids is 1. The number of piperidine rings is 1. The van der Waals surface area contributed by atoms with Crippen molar-refractivity contribution in [1.29, 1.82) is 5.26 Å². The van der Waals surface area contributed by atoms with E-state index in [1.165, 1.54) is 6.33 Å². The van der Waals surface area contributed by atoms with Crippen LogP contribution in [0.15, 0.2) is 30.6 Å². The molecule has 5 N–H and O–H groups in total. The van der Waals surface area contributed by atoms with E-state index in [9.17, 15) is 10.1 Å². The van der Waals surface area contributed by atoms with Crippen molar-refractivity contribution in [2.24, 2.45) is 5.73 Å². The standard InChI is InChI=1S/C20H24ClN7O2.CH4/c1-30-11-16(13-2-4-14(21)5-3-13)27-19(29)20(24)6-8-28(9-7-20)18-15(10-22)17(23)25-12-26-18;/h2-5,12,16H,6-9,11,24H2,1H3,(H,27,29)(H2,23,25,26);1H4/t16-;/m0./s1. The molecule has 166 valence electrons. The number of halogens is 1. The van der Waals surface area contributed by atoms with Crippen molar-refractivity contribution in [1.82, 2.24) is 15.3 Å². The Labute approximate surface area is 187 Å². The molecule has 1 saturated heterocycles. The number of nitrogens with one attached hydrogen (secondary N) is 1. The highest BCUT2D eigenvalue weighted by Gasteiger charge is 2.39. The Morgan fingerprint density at radius 2 is 2.00 bits per heavy atom. The minimum absolute atomic E-state index is 0. The van der Waals surface area contributed by atoms with Crippen LogP contribution in [0.3, 0.4) is 0 Å². The number of nitrogens with zero attached hydrogens (tertiary/aromatic N) is 4. The van der Waals surface area contributed by atoms with Gasteiger partial charge in [0, 0.05) is 25.2 Å². The van der Waals surface area contributed by atoms with Crippen LogP contribution in [0.4, 0.5) is 11.6 Å². The third kappa shape index (κ3) is 5.41. The lowest BCUT2D eigenvalue weighted by molar-refractivity contribution is -0.128. The summed E-state index contributed by atoms with van der Waals surface area (Å²) in [5.74, 6) is 0.350. The third-order valence-electron chi connectivity index (χ3n) is 5.29. The van der Waals surface area contributed by atoms with Gasteiger partial charge in [-0.05, 0) is 30.5 Å². The second kappa shape index (κ2) is 10.4. The number of nitrogen functional groups attached to an aromatic ring is 1. The number of carbonyl (C=O) groups is 1. The van der Waals surface area contributed by atoms with Gasteiger partial charge in [0.25, 0.3) is 0 Å². The van der Waals surface area contributed by atoms with Crippen molar-refractivity contribution >= 4 is 29.1 Å². The molecule has 31 heavy (non-hydrogen) atoms. The second-order valence-corrected chi connectivity index (χ2v) is 7.68. The number of aromatic nitrogens is 2. The maximum Gasteiger partial charge on any atom is 0.240 e. The maximum atomic E-state index is 13.0. The molecule has 1 amide bonds. The Balaban J connectivity index is 0.00000341. The molecule has 10 heteroatoms. The van der Waals surface area contributed by atoms with Crippen LogP contribution in [-0.4, -0.2) is 48.2 Å². The number of methoxy groups -OCH3 is 1. The number of hydrogen-bond donors (Lipinski definition) is 3. The Morgan fingerprint density at radius 1 is 1.35 bits per heavy atom. The Kier molecular flexibility index (Phi) is 8.16. The van der Waals surface area contributed by atoms with Crippen molar-refractivity contribution < 1.29 is 9.53 Å². The zero-order valence-electron chi connectivity index (χ0n) is 16.6. The fourth-order valence-electron chi connectivity index (χ4n) is 3.47. The zero-order valence-corrected chi connectivity index (χ0v) is 17.4. The van der Waals surface area contributed by atoms with E-state index in [1.54, 1.807) is 19.2 Å².